The van der Waals surface area contributed by atoms with Gasteiger partial charge in [0.15, 0.2) is 6.61 Å². The van der Waals surface area contributed by atoms with E-state index in [9.17, 15) is 19.3 Å². The van der Waals surface area contributed by atoms with Gasteiger partial charge in [-0.2, -0.15) is 0 Å². The molecule has 0 saturated heterocycles. The second kappa shape index (κ2) is 6.81. The predicted octanol–water partition coefficient (Wildman–Crippen LogP) is 2.80. The van der Waals surface area contributed by atoms with Crippen molar-refractivity contribution in [3.05, 3.63) is 57.5 Å². The van der Waals surface area contributed by atoms with Crippen LogP contribution in [0.5, 0.6) is 5.75 Å². The van der Waals surface area contributed by atoms with Gasteiger partial charge in [-0.25, -0.2) is 9.37 Å². The molecule has 0 aliphatic carbocycles. The fraction of sp³-hybridized carbons (Fsp3) is 0.0769. The molecule has 0 radical (unpaired) electrons. The van der Waals surface area contributed by atoms with Crippen LogP contribution < -0.4 is 10.1 Å². The average Bonchev–Trinajstić information content (AvgIpc) is 2.47. The molecular weight excluding hydrogens is 317 g/mol. The summed E-state index contributed by atoms with van der Waals surface area (Å²) in [5, 5.41) is 13.6. The molecule has 0 atom stereocenters. The average molecular weight is 326 g/mol. The van der Waals surface area contributed by atoms with Crippen LogP contribution in [0.3, 0.4) is 0 Å². The number of hydrogen-bond donors (Lipinski definition) is 1. The molecule has 22 heavy (non-hydrogen) atoms. The van der Waals surface area contributed by atoms with E-state index < -0.39 is 28.9 Å². The number of benzene rings is 1. The fourth-order valence-corrected chi connectivity index (χ4v) is 1.64. The number of nitro groups is 1. The predicted molar refractivity (Wildman–Crippen MR) is 76.4 cm³/mol. The molecule has 0 fully saturated rings. The minimum atomic E-state index is -0.729. The molecule has 1 heterocycles. The molecule has 0 aliphatic heterocycles. The topological polar surface area (TPSA) is 94.4 Å². The van der Waals surface area contributed by atoms with Crippen molar-refractivity contribution >= 4 is 29.0 Å². The van der Waals surface area contributed by atoms with Gasteiger partial charge in [-0.05, 0) is 18.2 Å². The summed E-state index contributed by atoms with van der Waals surface area (Å²) in [6.07, 6.45) is 1.34. The first kappa shape index (κ1) is 15.6. The Balaban J connectivity index is 2.00. The van der Waals surface area contributed by atoms with Gasteiger partial charge in [0.2, 0.25) is 5.75 Å². The Labute approximate surface area is 128 Å². The summed E-state index contributed by atoms with van der Waals surface area (Å²) in [7, 11) is 0. The Morgan fingerprint density at radius 2 is 2.18 bits per heavy atom. The van der Waals surface area contributed by atoms with Crippen molar-refractivity contribution in [1.82, 2.24) is 4.98 Å². The summed E-state index contributed by atoms with van der Waals surface area (Å²) in [6, 6.07) is 5.74. The highest BCUT2D eigenvalue weighted by Crippen LogP contribution is 2.27. The van der Waals surface area contributed by atoms with Gasteiger partial charge in [0.25, 0.3) is 5.91 Å². The SMILES string of the molecule is O=C(COc1cc(F)ccc1[N+](=O)[O-])Nc1ccc(Cl)cn1. The molecule has 2 rings (SSSR count). The quantitative estimate of drug-likeness (QED) is 0.673. The molecule has 9 heteroatoms. The summed E-state index contributed by atoms with van der Waals surface area (Å²) in [6.45, 7) is -0.533. The Kier molecular flexibility index (Phi) is 4.84. The van der Waals surface area contributed by atoms with Crippen molar-refractivity contribution < 1.29 is 18.8 Å². The lowest BCUT2D eigenvalue weighted by Crippen LogP contribution is -2.21. The van der Waals surface area contributed by atoms with Gasteiger partial charge in [0, 0.05) is 18.3 Å². The first-order chi connectivity index (χ1) is 10.5. The van der Waals surface area contributed by atoms with Crippen LogP contribution in [0.1, 0.15) is 0 Å². The minimum Gasteiger partial charge on any atom is -0.477 e. The number of carbonyl (C=O) groups is 1. The van der Waals surface area contributed by atoms with E-state index >= 15 is 0 Å². The lowest BCUT2D eigenvalue weighted by atomic mass is 10.3. The van der Waals surface area contributed by atoms with Crippen LogP contribution in [-0.2, 0) is 4.79 Å². The van der Waals surface area contributed by atoms with Crippen molar-refractivity contribution in [3.8, 4) is 5.75 Å². The van der Waals surface area contributed by atoms with Gasteiger partial charge in [0.1, 0.15) is 11.6 Å². The molecule has 114 valence electrons. The van der Waals surface area contributed by atoms with Crippen molar-refractivity contribution in [1.29, 1.82) is 0 Å². The number of ether oxygens (including phenoxy) is 1. The van der Waals surface area contributed by atoms with E-state index in [0.717, 1.165) is 18.2 Å². The first-order valence-corrected chi connectivity index (χ1v) is 6.31. The highest BCUT2D eigenvalue weighted by Gasteiger charge is 2.17. The maximum absolute atomic E-state index is 13.1. The fourth-order valence-electron chi connectivity index (χ4n) is 1.53. The third kappa shape index (κ3) is 4.13. The number of nitrogens with zero attached hydrogens (tertiary/aromatic N) is 2. The molecule has 1 amide bonds. The summed E-state index contributed by atoms with van der Waals surface area (Å²) in [4.78, 5) is 25.6. The van der Waals surface area contributed by atoms with Crippen molar-refractivity contribution in [3.63, 3.8) is 0 Å². The second-order valence-electron chi connectivity index (χ2n) is 4.07. The van der Waals surface area contributed by atoms with Crippen LogP contribution in [0.25, 0.3) is 0 Å². The van der Waals surface area contributed by atoms with Crippen LogP contribution in [0.2, 0.25) is 5.02 Å². The molecule has 1 aromatic heterocycles. The standard InChI is InChI=1S/C13H9ClFN3O4/c14-8-1-4-12(16-6-8)17-13(19)7-22-11-5-9(15)2-3-10(11)18(20)21/h1-6H,7H2,(H,16,17,19). The van der Waals surface area contributed by atoms with Crippen LogP contribution in [0.4, 0.5) is 15.9 Å². The number of amides is 1. The van der Waals surface area contributed by atoms with Crippen LogP contribution in [0, 0.1) is 15.9 Å². The third-order valence-corrected chi connectivity index (χ3v) is 2.70. The molecule has 1 aromatic carbocycles. The van der Waals surface area contributed by atoms with E-state index in [0.29, 0.717) is 5.02 Å². The van der Waals surface area contributed by atoms with Crippen LogP contribution >= 0.6 is 11.6 Å². The normalized spacial score (nSPS) is 10.1. The number of aromatic nitrogens is 1. The lowest BCUT2D eigenvalue weighted by molar-refractivity contribution is -0.385. The van der Waals surface area contributed by atoms with Crippen LogP contribution in [0.15, 0.2) is 36.5 Å². The highest BCUT2D eigenvalue weighted by molar-refractivity contribution is 6.30. The molecular formula is C13H9ClFN3O4. The largest absolute Gasteiger partial charge is 0.477 e. The summed E-state index contributed by atoms with van der Waals surface area (Å²) in [5.41, 5.74) is -0.432. The van der Waals surface area contributed by atoms with Gasteiger partial charge in [0.05, 0.1) is 9.95 Å². The summed E-state index contributed by atoms with van der Waals surface area (Å²) in [5.74, 6) is -1.40. The number of nitrogens with one attached hydrogen (secondary N) is 1. The van der Waals surface area contributed by atoms with Crippen molar-refractivity contribution in [2.75, 3.05) is 11.9 Å². The molecule has 0 aliphatic rings. The molecule has 0 bridgehead atoms. The number of hydrogen-bond acceptors (Lipinski definition) is 5. The Hall–Kier alpha value is -2.74. The molecule has 2 aromatic rings. The lowest BCUT2D eigenvalue weighted by Gasteiger charge is -2.07. The van der Waals surface area contributed by atoms with Gasteiger partial charge in [-0.1, -0.05) is 11.6 Å². The van der Waals surface area contributed by atoms with Crippen molar-refractivity contribution in [2.45, 2.75) is 0 Å². The maximum atomic E-state index is 13.1. The van der Waals surface area contributed by atoms with E-state index in [1.165, 1.54) is 18.3 Å². The van der Waals surface area contributed by atoms with Gasteiger partial charge in [-0.15, -0.1) is 0 Å². The summed E-state index contributed by atoms with van der Waals surface area (Å²) >= 11 is 5.65. The Bertz CT molecular complexity index is 709. The first-order valence-electron chi connectivity index (χ1n) is 5.94. The molecule has 0 saturated carbocycles. The van der Waals surface area contributed by atoms with Gasteiger partial charge >= 0.3 is 5.69 Å². The maximum Gasteiger partial charge on any atom is 0.311 e. The van der Waals surface area contributed by atoms with Gasteiger partial charge < -0.3 is 10.1 Å². The molecule has 7 nitrogen and oxygen atoms in total. The summed E-state index contributed by atoms with van der Waals surface area (Å²) < 4.78 is 18.1. The monoisotopic (exact) mass is 325 g/mol. The highest BCUT2D eigenvalue weighted by atomic mass is 35.5. The van der Waals surface area contributed by atoms with E-state index in [1.54, 1.807) is 0 Å². The minimum absolute atomic E-state index is 0.242. The Morgan fingerprint density at radius 3 is 2.82 bits per heavy atom. The zero-order valence-corrected chi connectivity index (χ0v) is 11.7. The van der Waals surface area contributed by atoms with E-state index in [-0.39, 0.29) is 11.6 Å². The smallest absolute Gasteiger partial charge is 0.311 e. The number of halogens is 2. The van der Waals surface area contributed by atoms with Gasteiger partial charge in [-0.3, -0.25) is 14.9 Å². The van der Waals surface area contributed by atoms with Crippen molar-refractivity contribution in [2.24, 2.45) is 0 Å². The zero-order valence-electron chi connectivity index (χ0n) is 11.0. The Morgan fingerprint density at radius 1 is 1.41 bits per heavy atom. The number of anilines is 1. The molecule has 0 unspecified atom stereocenters. The molecule has 1 N–H and O–H groups in total. The zero-order chi connectivity index (χ0) is 16.1. The van der Waals surface area contributed by atoms with E-state index in [2.05, 4.69) is 10.3 Å². The number of nitro benzene ring substituents is 1. The van der Waals surface area contributed by atoms with E-state index in [1.807, 2.05) is 0 Å². The number of carbonyl (C=O) groups excluding carboxylic acids is 1. The number of rotatable bonds is 5. The van der Waals surface area contributed by atoms with E-state index in [4.69, 9.17) is 16.3 Å². The third-order valence-electron chi connectivity index (χ3n) is 2.47. The number of pyridine rings is 1. The van der Waals surface area contributed by atoms with Crippen LogP contribution in [-0.4, -0.2) is 22.4 Å². The second-order valence-corrected chi connectivity index (χ2v) is 4.50. The molecule has 0 spiro atoms.